The van der Waals surface area contributed by atoms with Crippen LogP contribution in [0.2, 0.25) is 0 Å². The number of aryl methyl sites for hydroxylation is 2. The monoisotopic (exact) mass is 752 g/mol. The second kappa shape index (κ2) is 16.5. The highest BCUT2D eigenvalue weighted by molar-refractivity contribution is 6.03. The van der Waals surface area contributed by atoms with E-state index >= 15 is 0 Å². The molecule has 0 aliphatic carbocycles. The van der Waals surface area contributed by atoms with Gasteiger partial charge in [-0.1, -0.05) is 33.4 Å². The second-order valence-corrected chi connectivity index (χ2v) is 14.1. The fourth-order valence-electron chi connectivity index (χ4n) is 7.52. The van der Waals surface area contributed by atoms with Gasteiger partial charge in [-0.2, -0.15) is 0 Å². The van der Waals surface area contributed by atoms with Crippen LogP contribution in [0.3, 0.4) is 0 Å². The summed E-state index contributed by atoms with van der Waals surface area (Å²) in [7, 11) is 0. The Balaban J connectivity index is 1.92. The Labute approximate surface area is 318 Å². The number of amides is 2. The number of aliphatic carboxylic acids is 2. The van der Waals surface area contributed by atoms with Gasteiger partial charge in [0.25, 0.3) is 0 Å². The molecule has 5 heterocycles. The van der Waals surface area contributed by atoms with Crippen LogP contribution >= 0.6 is 0 Å². The first kappa shape index (κ1) is 40.1. The number of carboxylic acid groups (broad SMARTS) is 3. The van der Waals surface area contributed by atoms with Crippen molar-refractivity contribution in [3.05, 3.63) is 75.4 Å². The fraction of sp³-hybridized carbons (Fsp3) is 0.390. The van der Waals surface area contributed by atoms with E-state index in [0.29, 0.717) is 47.5 Å². The SMILES string of the molecule is C=Cc1c(C)c2cc3nc(c(CC(=O)N[C@@H](CC(=O)O)C(=O)O)c4[nH]c(cc5nc(cc1[nH]2)C(C)=C5CC)c(C)c4C(=O)O)[C@@H](CCC(=O)NCCC)[C@@H]3C. The van der Waals surface area contributed by atoms with Crippen LogP contribution in [0.25, 0.3) is 39.3 Å². The quantitative estimate of drug-likeness (QED) is 0.0959. The van der Waals surface area contributed by atoms with Crippen molar-refractivity contribution in [2.24, 2.45) is 0 Å². The van der Waals surface area contributed by atoms with E-state index in [0.717, 1.165) is 45.4 Å². The maximum Gasteiger partial charge on any atom is 0.338 e. The second-order valence-electron chi connectivity index (χ2n) is 14.1. The van der Waals surface area contributed by atoms with Crippen molar-refractivity contribution in [2.75, 3.05) is 6.54 Å². The summed E-state index contributed by atoms with van der Waals surface area (Å²) in [6.45, 7) is 16.1. The first-order chi connectivity index (χ1) is 26.1. The summed E-state index contributed by atoms with van der Waals surface area (Å²) in [6.07, 6.45) is 2.19. The lowest BCUT2D eigenvalue weighted by Gasteiger charge is -2.19. The van der Waals surface area contributed by atoms with Crippen molar-refractivity contribution in [2.45, 2.75) is 97.9 Å². The molecule has 0 saturated carbocycles. The lowest BCUT2D eigenvalue weighted by atomic mass is 9.84. The lowest BCUT2D eigenvalue weighted by molar-refractivity contribution is -0.147. The number of allylic oxidation sites excluding steroid dienone is 2. The number of aromatic carboxylic acids is 1. The van der Waals surface area contributed by atoms with E-state index in [1.54, 1.807) is 19.1 Å². The van der Waals surface area contributed by atoms with E-state index in [9.17, 15) is 39.3 Å². The molecule has 8 bridgehead atoms. The smallest absolute Gasteiger partial charge is 0.338 e. The molecule has 7 N–H and O–H groups in total. The van der Waals surface area contributed by atoms with E-state index in [1.807, 2.05) is 46.8 Å². The first-order valence-electron chi connectivity index (χ1n) is 18.4. The van der Waals surface area contributed by atoms with Crippen LogP contribution in [0.5, 0.6) is 0 Å². The topological polar surface area (TPSA) is 227 Å². The van der Waals surface area contributed by atoms with Gasteiger partial charge in [-0.3, -0.25) is 19.4 Å². The summed E-state index contributed by atoms with van der Waals surface area (Å²) in [5, 5.41) is 34.9. The average molecular weight is 753 g/mol. The van der Waals surface area contributed by atoms with Crippen LogP contribution in [0.1, 0.15) is 127 Å². The minimum atomic E-state index is -1.74. The van der Waals surface area contributed by atoms with Gasteiger partial charge in [-0.25, -0.2) is 14.6 Å². The van der Waals surface area contributed by atoms with E-state index < -0.39 is 48.6 Å². The number of aromatic amines is 2. The first-order valence-corrected chi connectivity index (χ1v) is 18.4. The lowest BCUT2D eigenvalue weighted by Crippen LogP contribution is -2.43. The largest absolute Gasteiger partial charge is 0.481 e. The molecule has 2 aliphatic rings. The highest BCUT2D eigenvalue weighted by Gasteiger charge is 2.34. The number of H-pyrrole nitrogens is 2. The molecule has 55 heavy (non-hydrogen) atoms. The maximum absolute atomic E-state index is 13.8. The Morgan fingerprint density at radius 1 is 0.927 bits per heavy atom. The minimum Gasteiger partial charge on any atom is -0.481 e. The number of rotatable bonds is 14. The maximum atomic E-state index is 13.8. The predicted molar refractivity (Wildman–Crippen MR) is 210 cm³/mol. The molecule has 0 saturated heterocycles. The standard InChI is InChI=1S/C41H48N6O8/c1-8-13-42-34(48)12-11-25-21(6)29-15-27-19(4)23(9-2)31(43-27)16-28-20(5)24(10-3)32(44-28)17-30-22(7)37(41(54)55)39(47-30)26(38(25)46-29)14-35(49)45-33(40(52)53)18-36(50)51/h9,15-17,21,25,33,43,47H,2,8,10-14,18H2,1,3-7H3,(H,42,48)(H,45,49)(H,50,51)(H,52,53)(H,54,55)/t21-,25-,33-/m0/s1. The van der Waals surface area contributed by atoms with Gasteiger partial charge in [-0.15, -0.1) is 0 Å². The third-order valence-corrected chi connectivity index (χ3v) is 10.6. The zero-order valence-electron chi connectivity index (χ0n) is 32.0. The Morgan fingerprint density at radius 2 is 1.62 bits per heavy atom. The number of carbonyl (C=O) groups is 5. The van der Waals surface area contributed by atoms with E-state index in [4.69, 9.17) is 9.97 Å². The highest BCUT2D eigenvalue weighted by Crippen LogP contribution is 2.43. The van der Waals surface area contributed by atoms with Crippen molar-refractivity contribution < 1.29 is 39.3 Å². The normalized spacial score (nSPS) is 15.7. The van der Waals surface area contributed by atoms with Gasteiger partial charge in [0, 0.05) is 58.2 Å². The van der Waals surface area contributed by atoms with Gasteiger partial charge < -0.3 is 35.9 Å². The molecule has 3 atom stereocenters. The van der Waals surface area contributed by atoms with Crippen molar-refractivity contribution in [3.8, 4) is 0 Å². The Bertz CT molecular complexity index is 2300. The molecule has 0 unspecified atom stereocenters. The molecule has 2 aliphatic heterocycles. The summed E-state index contributed by atoms with van der Waals surface area (Å²) in [5.74, 6) is -6.03. The minimum absolute atomic E-state index is 0.0941. The molecule has 5 rings (SSSR count). The van der Waals surface area contributed by atoms with Gasteiger partial charge in [0.05, 0.1) is 41.0 Å². The van der Waals surface area contributed by atoms with Crippen LogP contribution in [0.4, 0.5) is 0 Å². The van der Waals surface area contributed by atoms with Crippen LogP contribution in [-0.4, -0.2) is 77.6 Å². The number of fused-ring (bicyclic) bond motifs is 8. The third-order valence-electron chi connectivity index (χ3n) is 10.6. The number of hydrogen-bond donors (Lipinski definition) is 7. The third kappa shape index (κ3) is 8.22. The zero-order chi connectivity index (χ0) is 40.3. The molecule has 14 heteroatoms. The molecule has 2 amide bonds. The van der Waals surface area contributed by atoms with Crippen LogP contribution < -0.4 is 10.6 Å². The number of nitrogens with one attached hydrogen (secondary N) is 4. The number of aromatic nitrogens is 4. The van der Waals surface area contributed by atoms with E-state index in [-0.39, 0.29) is 34.9 Å². The Kier molecular flexibility index (Phi) is 12.1. The van der Waals surface area contributed by atoms with Gasteiger partial charge in [0.1, 0.15) is 6.04 Å². The van der Waals surface area contributed by atoms with Crippen molar-refractivity contribution >= 4 is 69.0 Å². The number of carboxylic acids is 3. The van der Waals surface area contributed by atoms with Gasteiger partial charge in [0.2, 0.25) is 11.8 Å². The van der Waals surface area contributed by atoms with Crippen LogP contribution in [0.15, 0.2) is 24.8 Å². The van der Waals surface area contributed by atoms with Gasteiger partial charge >= 0.3 is 17.9 Å². The number of hydrogen-bond acceptors (Lipinski definition) is 7. The molecular weight excluding hydrogens is 704 g/mol. The summed E-state index contributed by atoms with van der Waals surface area (Å²) in [4.78, 5) is 80.1. The summed E-state index contributed by atoms with van der Waals surface area (Å²) >= 11 is 0. The summed E-state index contributed by atoms with van der Waals surface area (Å²) < 4.78 is 0. The highest BCUT2D eigenvalue weighted by atomic mass is 16.4. The van der Waals surface area contributed by atoms with Crippen molar-refractivity contribution in [1.29, 1.82) is 0 Å². The Morgan fingerprint density at radius 3 is 2.24 bits per heavy atom. The van der Waals surface area contributed by atoms with Crippen LogP contribution in [-0.2, 0) is 25.6 Å². The average Bonchev–Trinajstić information content (AvgIpc) is 3.81. The molecule has 3 aromatic heterocycles. The van der Waals surface area contributed by atoms with Crippen molar-refractivity contribution in [1.82, 2.24) is 30.6 Å². The number of nitrogens with zero attached hydrogens (tertiary/aromatic N) is 2. The molecular formula is C41H48N6O8. The molecule has 0 aromatic carbocycles. The number of carbonyl (C=O) groups excluding carboxylic acids is 2. The van der Waals surface area contributed by atoms with Gasteiger partial charge in [-0.05, 0) is 80.5 Å². The molecule has 0 spiro atoms. The molecule has 0 fully saturated rings. The van der Waals surface area contributed by atoms with E-state index in [2.05, 4.69) is 27.2 Å². The molecule has 0 radical (unpaired) electrons. The zero-order valence-corrected chi connectivity index (χ0v) is 32.0. The Hall–Kier alpha value is -6.05. The summed E-state index contributed by atoms with van der Waals surface area (Å²) in [5.41, 5.74) is 8.61. The van der Waals surface area contributed by atoms with E-state index in [1.165, 1.54) is 0 Å². The molecule has 14 nitrogen and oxygen atoms in total. The molecule has 290 valence electrons. The van der Waals surface area contributed by atoms with Crippen molar-refractivity contribution in [3.63, 3.8) is 0 Å². The predicted octanol–water partition coefficient (Wildman–Crippen LogP) is 6.39. The summed E-state index contributed by atoms with van der Waals surface area (Å²) in [6, 6.07) is 3.93. The van der Waals surface area contributed by atoms with Crippen LogP contribution in [0, 0.1) is 13.8 Å². The molecule has 3 aromatic rings. The fourth-order valence-corrected chi connectivity index (χ4v) is 7.52. The van der Waals surface area contributed by atoms with Gasteiger partial charge in [0.15, 0.2) is 0 Å².